The maximum atomic E-state index is 5.06. The molecule has 0 aliphatic heterocycles. The Morgan fingerprint density at radius 1 is 1.47 bits per heavy atom. The lowest BCUT2D eigenvalue weighted by atomic mass is 10.3. The standard InChI is InChI=1S/C11H17BrN2O/c1-3-14(6-7-15-2)11-5-4-10(8-12)9-13-11/h4-5,9H,3,6-8H2,1-2H3. The number of nitrogens with zero attached hydrogens (tertiary/aromatic N) is 2. The van der Waals surface area contributed by atoms with E-state index in [2.05, 4.69) is 44.9 Å². The number of aromatic nitrogens is 1. The SMILES string of the molecule is CCN(CCOC)c1ccc(CBr)cn1. The molecule has 0 bridgehead atoms. The number of halogens is 1. The van der Waals surface area contributed by atoms with E-state index < -0.39 is 0 Å². The van der Waals surface area contributed by atoms with Crippen molar-refractivity contribution in [2.45, 2.75) is 12.3 Å². The highest BCUT2D eigenvalue weighted by atomic mass is 79.9. The van der Waals surface area contributed by atoms with Gasteiger partial charge in [0, 0.05) is 31.7 Å². The van der Waals surface area contributed by atoms with Crippen molar-refractivity contribution in [2.75, 3.05) is 31.7 Å². The van der Waals surface area contributed by atoms with E-state index in [4.69, 9.17) is 4.74 Å². The fourth-order valence-electron chi connectivity index (χ4n) is 1.32. The Balaban J connectivity index is 2.65. The lowest BCUT2D eigenvalue weighted by Gasteiger charge is -2.21. The fourth-order valence-corrected chi connectivity index (χ4v) is 1.65. The zero-order chi connectivity index (χ0) is 11.1. The number of likely N-dealkylation sites (N-methyl/N-ethyl adjacent to an activating group) is 1. The second-order valence-electron chi connectivity index (χ2n) is 3.23. The van der Waals surface area contributed by atoms with Crippen molar-refractivity contribution in [3.8, 4) is 0 Å². The van der Waals surface area contributed by atoms with Crippen molar-refractivity contribution in [2.24, 2.45) is 0 Å². The molecule has 0 saturated carbocycles. The molecule has 0 saturated heterocycles. The summed E-state index contributed by atoms with van der Waals surface area (Å²) in [6.45, 7) is 4.68. The van der Waals surface area contributed by atoms with Gasteiger partial charge in [-0.1, -0.05) is 22.0 Å². The molecular formula is C11H17BrN2O. The van der Waals surface area contributed by atoms with Gasteiger partial charge in [0.2, 0.25) is 0 Å². The summed E-state index contributed by atoms with van der Waals surface area (Å²) in [5.74, 6) is 1.01. The van der Waals surface area contributed by atoms with Gasteiger partial charge in [-0.3, -0.25) is 0 Å². The average Bonchev–Trinajstić information content (AvgIpc) is 2.31. The van der Waals surface area contributed by atoms with Gasteiger partial charge in [-0.25, -0.2) is 4.98 Å². The van der Waals surface area contributed by atoms with Crippen LogP contribution in [0, 0.1) is 0 Å². The van der Waals surface area contributed by atoms with Crippen molar-refractivity contribution in [1.29, 1.82) is 0 Å². The topological polar surface area (TPSA) is 25.4 Å². The van der Waals surface area contributed by atoms with Crippen LogP contribution in [0.5, 0.6) is 0 Å². The van der Waals surface area contributed by atoms with Gasteiger partial charge < -0.3 is 9.64 Å². The van der Waals surface area contributed by atoms with Gasteiger partial charge in [-0.15, -0.1) is 0 Å². The molecule has 15 heavy (non-hydrogen) atoms. The zero-order valence-electron chi connectivity index (χ0n) is 9.24. The van der Waals surface area contributed by atoms with E-state index >= 15 is 0 Å². The molecule has 1 rings (SSSR count). The molecule has 3 nitrogen and oxygen atoms in total. The van der Waals surface area contributed by atoms with E-state index in [0.29, 0.717) is 0 Å². The maximum absolute atomic E-state index is 5.06. The second-order valence-corrected chi connectivity index (χ2v) is 3.79. The Bertz CT molecular complexity index is 276. The summed E-state index contributed by atoms with van der Waals surface area (Å²) in [6.07, 6.45) is 1.90. The molecule has 0 spiro atoms. The van der Waals surface area contributed by atoms with Crippen LogP contribution in [0.15, 0.2) is 18.3 Å². The van der Waals surface area contributed by atoms with Crippen LogP contribution in [0.25, 0.3) is 0 Å². The predicted molar refractivity (Wildman–Crippen MR) is 66.6 cm³/mol. The van der Waals surface area contributed by atoms with E-state index in [1.807, 2.05) is 6.20 Å². The molecular weight excluding hydrogens is 256 g/mol. The van der Waals surface area contributed by atoms with Gasteiger partial charge in [-0.05, 0) is 18.6 Å². The second kappa shape index (κ2) is 6.80. The third kappa shape index (κ3) is 3.80. The van der Waals surface area contributed by atoms with Crippen LogP contribution in [0.3, 0.4) is 0 Å². The molecule has 0 fully saturated rings. The lowest BCUT2D eigenvalue weighted by Crippen LogP contribution is -2.27. The quantitative estimate of drug-likeness (QED) is 0.744. The number of anilines is 1. The van der Waals surface area contributed by atoms with Crippen molar-refractivity contribution in [3.05, 3.63) is 23.9 Å². The highest BCUT2D eigenvalue weighted by Gasteiger charge is 2.04. The van der Waals surface area contributed by atoms with Gasteiger partial charge in [0.1, 0.15) is 5.82 Å². The monoisotopic (exact) mass is 272 g/mol. The number of hydrogen-bond donors (Lipinski definition) is 0. The van der Waals surface area contributed by atoms with E-state index in [1.54, 1.807) is 7.11 Å². The van der Waals surface area contributed by atoms with Crippen molar-refractivity contribution in [1.82, 2.24) is 4.98 Å². The lowest BCUT2D eigenvalue weighted by molar-refractivity contribution is 0.205. The number of alkyl halides is 1. The average molecular weight is 273 g/mol. The fraction of sp³-hybridized carbons (Fsp3) is 0.545. The Kier molecular flexibility index (Phi) is 5.65. The highest BCUT2D eigenvalue weighted by molar-refractivity contribution is 9.08. The van der Waals surface area contributed by atoms with Gasteiger partial charge in [-0.2, -0.15) is 0 Å². The molecule has 0 radical (unpaired) electrons. The van der Waals surface area contributed by atoms with Crippen LogP contribution in [0.1, 0.15) is 12.5 Å². The molecule has 1 heterocycles. The third-order valence-electron chi connectivity index (χ3n) is 2.23. The largest absolute Gasteiger partial charge is 0.383 e. The van der Waals surface area contributed by atoms with E-state index in [9.17, 15) is 0 Å². The normalized spacial score (nSPS) is 10.3. The summed E-state index contributed by atoms with van der Waals surface area (Å²) in [5, 5.41) is 0.852. The van der Waals surface area contributed by atoms with Crippen molar-refractivity contribution >= 4 is 21.7 Å². The highest BCUT2D eigenvalue weighted by Crippen LogP contribution is 2.12. The first kappa shape index (κ1) is 12.5. The molecule has 84 valence electrons. The van der Waals surface area contributed by atoms with E-state index in [1.165, 1.54) is 5.56 Å². The Labute approximate surface area is 99.6 Å². The number of hydrogen-bond acceptors (Lipinski definition) is 3. The molecule has 1 aromatic rings. The first-order valence-corrected chi connectivity index (χ1v) is 6.18. The maximum Gasteiger partial charge on any atom is 0.128 e. The summed E-state index contributed by atoms with van der Waals surface area (Å²) < 4.78 is 5.06. The van der Waals surface area contributed by atoms with Gasteiger partial charge in [0.15, 0.2) is 0 Å². The van der Waals surface area contributed by atoms with E-state index in [-0.39, 0.29) is 0 Å². The van der Waals surface area contributed by atoms with Crippen molar-refractivity contribution < 1.29 is 4.74 Å². The summed E-state index contributed by atoms with van der Waals surface area (Å²) in [4.78, 5) is 6.61. The molecule has 0 aliphatic carbocycles. The molecule has 0 amide bonds. The number of ether oxygens (including phenoxy) is 1. The molecule has 1 aromatic heterocycles. The Morgan fingerprint density at radius 3 is 2.73 bits per heavy atom. The number of methoxy groups -OCH3 is 1. The van der Waals surface area contributed by atoms with Gasteiger partial charge in [0.25, 0.3) is 0 Å². The third-order valence-corrected chi connectivity index (χ3v) is 2.88. The minimum Gasteiger partial charge on any atom is -0.383 e. The van der Waals surface area contributed by atoms with Crippen molar-refractivity contribution in [3.63, 3.8) is 0 Å². The molecule has 0 unspecified atom stereocenters. The van der Waals surface area contributed by atoms with Gasteiger partial charge >= 0.3 is 0 Å². The Morgan fingerprint density at radius 2 is 2.27 bits per heavy atom. The summed E-state index contributed by atoms with van der Waals surface area (Å²) in [5.41, 5.74) is 1.20. The molecule has 4 heteroatoms. The van der Waals surface area contributed by atoms with Crippen LogP contribution >= 0.6 is 15.9 Å². The minimum absolute atomic E-state index is 0.732. The minimum atomic E-state index is 0.732. The smallest absolute Gasteiger partial charge is 0.128 e. The summed E-state index contributed by atoms with van der Waals surface area (Å²) >= 11 is 3.40. The van der Waals surface area contributed by atoms with Crippen LogP contribution in [0.4, 0.5) is 5.82 Å². The molecule has 0 N–H and O–H groups in total. The first-order chi connectivity index (χ1) is 7.31. The zero-order valence-corrected chi connectivity index (χ0v) is 10.8. The van der Waals surface area contributed by atoms with Crippen LogP contribution in [-0.4, -0.2) is 31.8 Å². The van der Waals surface area contributed by atoms with Crippen LogP contribution < -0.4 is 4.90 Å². The van der Waals surface area contributed by atoms with Crippen LogP contribution in [-0.2, 0) is 10.1 Å². The molecule has 0 atom stereocenters. The first-order valence-electron chi connectivity index (χ1n) is 5.06. The van der Waals surface area contributed by atoms with E-state index in [0.717, 1.165) is 30.8 Å². The summed E-state index contributed by atoms with van der Waals surface area (Å²) in [7, 11) is 1.72. The summed E-state index contributed by atoms with van der Waals surface area (Å²) in [6, 6.07) is 4.14. The number of rotatable bonds is 6. The Hall–Kier alpha value is -0.610. The van der Waals surface area contributed by atoms with Crippen LogP contribution in [0.2, 0.25) is 0 Å². The molecule has 0 aliphatic rings. The number of pyridine rings is 1. The predicted octanol–water partition coefficient (Wildman–Crippen LogP) is 2.45. The molecule has 0 aromatic carbocycles. The van der Waals surface area contributed by atoms with Gasteiger partial charge in [0.05, 0.1) is 6.61 Å².